The molecule has 6 nitrogen and oxygen atoms in total. The summed E-state index contributed by atoms with van der Waals surface area (Å²) >= 11 is 3.29. The van der Waals surface area contributed by atoms with Crippen LogP contribution in [0.4, 0.5) is 0 Å². The minimum Gasteiger partial charge on any atom is -0.484 e. The van der Waals surface area contributed by atoms with Crippen LogP contribution in [0.5, 0.6) is 5.75 Å². The van der Waals surface area contributed by atoms with Crippen molar-refractivity contribution in [1.82, 2.24) is 5.32 Å². The maximum atomic E-state index is 11.8. The first-order chi connectivity index (χ1) is 9.52. The fourth-order valence-electron chi connectivity index (χ4n) is 1.87. The number of carboxylic acid groups (broad SMARTS) is 1. The Bertz CT molecular complexity index is 496. The second-order valence-corrected chi connectivity index (χ2v) is 5.40. The van der Waals surface area contributed by atoms with Crippen molar-refractivity contribution in [2.75, 3.05) is 19.8 Å². The lowest BCUT2D eigenvalue weighted by atomic mass is 9.99. The van der Waals surface area contributed by atoms with Gasteiger partial charge in [0, 0.05) is 17.5 Å². The van der Waals surface area contributed by atoms with Crippen molar-refractivity contribution in [1.29, 1.82) is 0 Å². The minimum atomic E-state index is -1.33. The molecule has 1 aliphatic rings. The molecule has 1 amide bonds. The zero-order valence-corrected chi connectivity index (χ0v) is 12.2. The van der Waals surface area contributed by atoms with Crippen molar-refractivity contribution in [3.05, 3.63) is 28.7 Å². The Balaban J connectivity index is 1.89. The van der Waals surface area contributed by atoms with Crippen LogP contribution in [-0.4, -0.2) is 42.3 Å². The third-order valence-corrected chi connectivity index (χ3v) is 3.52. The minimum absolute atomic E-state index is 0.0215. The normalized spacial score (nSPS) is 21.4. The molecule has 7 heteroatoms. The lowest BCUT2D eigenvalue weighted by molar-refractivity contribution is -0.148. The molecule has 1 aliphatic heterocycles. The molecule has 1 saturated heterocycles. The lowest BCUT2D eigenvalue weighted by Gasteiger charge is -2.23. The summed E-state index contributed by atoms with van der Waals surface area (Å²) in [5.41, 5.74) is -1.33. The third-order valence-electron chi connectivity index (χ3n) is 2.99. The molecule has 2 rings (SSSR count). The van der Waals surface area contributed by atoms with Crippen LogP contribution in [0.25, 0.3) is 0 Å². The molecule has 108 valence electrons. The molecule has 0 bridgehead atoms. The molecule has 20 heavy (non-hydrogen) atoms. The largest absolute Gasteiger partial charge is 0.484 e. The smallest absolute Gasteiger partial charge is 0.331 e. The number of carboxylic acids is 1. The number of amides is 1. The summed E-state index contributed by atoms with van der Waals surface area (Å²) in [4.78, 5) is 23.0. The van der Waals surface area contributed by atoms with Crippen LogP contribution in [0.3, 0.4) is 0 Å². The van der Waals surface area contributed by atoms with E-state index in [9.17, 15) is 14.7 Å². The van der Waals surface area contributed by atoms with Gasteiger partial charge in [0.1, 0.15) is 5.75 Å². The zero-order chi connectivity index (χ0) is 14.6. The summed E-state index contributed by atoms with van der Waals surface area (Å²) in [5, 5.41) is 11.7. The zero-order valence-electron chi connectivity index (χ0n) is 10.6. The molecule has 0 aliphatic carbocycles. The van der Waals surface area contributed by atoms with E-state index in [4.69, 9.17) is 9.47 Å². The second-order valence-electron chi connectivity index (χ2n) is 4.48. The van der Waals surface area contributed by atoms with Gasteiger partial charge in [0.05, 0.1) is 6.61 Å². The molecule has 1 fully saturated rings. The van der Waals surface area contributed by atoms with Crippen LogP contribution in [0.1, 0.15) is 6.42 Å². The van der Waals surface area contributed by atoms with E-state index in [-0.39, 0.29) is 19.6 Å². The number of hydrogen-bond donors (Lipinski definition) is 2. The first-order valence-electron chi connectivity index (χ1n) is 6.02. The van der Waals surface area contributed by atoms with E-state index in [1.807, 2.05) is 0 Å². The van der Waals surface area contributed by atoms with Gasteiger partial charge < -0.3 is 19.9 Å². The van der Waals surface area contributed by atoms with E-state index in [1.54, 1.807) is 24.3 Å². The third kappa shape index (κ3) is 3.49. The van der Waals surface area contributed by atoms with Crippen LogP contribution >= 0.6 is 15.9 Å². The molecular formula is C13H14BrNO5. The highest BCUT2D eigenvalue weighted by Gasteiger charge is 2.43. The van der Waals surface area contributed by atoms with Gasteiger partial charge in [0.15, 0.2) is 12.1 Å². The Morgan fingerprint density at radius 2 is 2.10 bits per heavy atom. The first kappa shape index (κ1) is 14.8. The van der Waals surface area contributed by atoms with Crippen molar-refractivity contribution in [3.63, 3.8) is 0 Å². The predicted molar refractivity (Wildman–Crippen MR) is 73.6 cm³/mol. The van der Waals surface area contributed by atoms with Gasteiger partial charge in [0.25, 0.3) is 5.91 Å². The van der Waals surface area contributed by atoms with Crippen molar-refractivity contribution >= 4 is 27.8 Å². The van der Waals surface area contributed by atoms with Crippen molar-refractivity contribution in [2.24, 2.45) is 0 Å². The van der Waals surface area contributed by atoms with Gasteiger partial charge in [-0.1, -0.05) is 15.9 Å². The number of carbonyl (C=O) groups is 2. The molecule has 0 radical (unpaired) electrons. The Morgan fingerprint density at radius 1 is 1.40 bits per heavy atom. The summed E-state index contributed by atoms with van der Waals surface area (Å²) in [5.74, 6) is -1.04. The molecule has 1 atom stereocenters. The molecule has 2 N–H and O–H groups in total. The second kappa shape index (κ2) is 6.23. The summed E-state index contributed by atoms with van der Waals surface area (Å²) in [6, 6.07) is 7.00. The Labute approximate surface area is 124 Å². The summed E-state index contributed by atoms with van der Waals surface area (Å²) in [7, 11) is 0. The van der Waals surface area contributed by atoms with Crippen molar-refractivity contribution in [2.45, 2.75) is 12.0 Å². The highest BCUT2D eigenvalue weighted by molar-refractivity contribution is 9.10. The van der Waals surface area contributed by atoms with Crippen LogP contribution in [0, 0.1) is 0 Å². The molecular weight excluding hydrogens is 330 g/mol. The van der Waals surface area contributed by atoms with Gasteiger partial charge in [-0.25, -0.2) is 4.79 Å². The molecule has 1 aromatic carbocycles. The number of halogens is 1. The summed E-state index contributed by atoms with van der Waals surface area (Å²) in [6.07, 6.45) is 0.256. The lowest BCUT2D eigenvalue weighted by Crippen LogP contribution is -2.56. The number of hydrogen-bond acceptors (Lipinski definition) is 4. The fraction of sp³-hybridized carbons (Fsp3) is 0.385. The van der Waals surface area contributed by atoms with Crippen LogP contribution in [-0.2, 0) is 14.3 Å². The average molecular weight is 344 g/mol. The molecule has 1 unspecified atom stereocenters. The molecule has 0 aromatic heterocycles. The molecule has 0 spiro atoms. The fourth-order valence-corrected chi connectivity index (χ4v) is 2.13. The first-order valence-corrected chi connectivity index (χ1v) is 6.82. The van der Waals surface area contributed by atoms with Crippen LogP contribution < -0.4 is 10.1 Å². The van der Waals surface area contributed by atoms with E-state index in [1.165, 1.54) is 0 Å². The van der Waals surface area contributed by atoms with Crippen LogP contribution in [0.2, 0.25) is 0 Å². The van der Waals surface area contributed by atoms with E-state index in [0.29, 0.717) is 12.4 Å². The van der Waals surface area contributed by atoms with Gasteiger partial charge in [-0.2, -0.15) is 0 Å². The van der Waals surface area contributed by atoms with Gasteiger partial charge in [-0.3, -0.25) is 4.79 Å². The molecule has 0 saturated carbocycles. The summed E-state index contributed by atoms with van der Waals surface area (Å²) < 4.78 is 11.3. The van der Waals surface area contributed by atoms with Crippen molar-refractivity contribution in [3.8, 4) is 5.75 Å². The number of nitrogens with one attached hydrogen (secondary N) is 1. The number of ether oxygens (including phenoxy) is 2. The standard InChI is InChI=1S/C13H14BrNO5/c14-9-1-3-10(4-2-9)20-7-11(16)15-13(12(17)18)5-6-19-8-13/h1-4H,5-8H2,(H,15,16)(H,17,18). The molecule has 1 aromatic rings. The number of benzene rings is 1. The van der Waals surface area contributed by atoms with Gasteiger partial charge in [-0.05, 0) is 24.3 Å². The van der Waals surface area contributed by atoms with Gasteiger partial charge in [-0.15, -0.1) is 0 Å². The van der Waals surface area contributed by atoms with Crippen LogP contribution in [0.15, 0.2) is 28.7 Å². The Kier molecular flexibility index (Phi) is 4.61. The number of carbonyl (C=O) groups excluding carboxylic acids is 1. The highest BCUT2D eigenvalue weighted by atomic mass is 79.9. The molecule has 1 heterocycles. The quantitative estimate of drug-likeness (QED) is 0.838. The SMILES string of the molecule is O=C(COc1ccc(Br)cc1)NC1(C(=O)O)CCOC1. The maximum Gasteiger partial charge on any atom is 0.331 e. The van der Waals surface area contributed by atoms with Gasteiger partial charge in [0.2, 0.25) is 0 Å². The highest BCUT2D eigenvalue weighted by Crippen LogP contribution is 2.19. The van der Waals surface area contributed by atoms with E-state index in [0.717, 1.165) is 4.47 Å². The van der Waals surface area contributed by atoms with E-state index < -0.39 is 17.4 Å². The Hall–Kier alpha value is -1.60. The number of aliphatic carboxylic acids is 1. The monoisotopic (exact) mass is 343 g/mol. The Morgan fingerprint density at radius 3 is 2.65 bits per heavy atom. The van der Waals surface area contributed by atoms with Crippen molar-refractivity contribution < 1.29 is 24.2 Å². The summed E-state index contributed by atoms with van der Waals surface area (Å²) in [6.45, 7) is 0.0587. The topological polar surface area (TPSA) is 84.9 Å². The maximum absolute atomic E-state index is 11.8. The van der Waals surface area contributed by atoms with E-state index >= 15 is 0 Å². The van der Waals surface area contributed by atoms with E-state index in [2.05, 4.69) is 21.2 Å². The van der Waals surface area contributed by atoms with Gasteiger partial charge >= 0.3 is 5.97 Å². The number of rotatable bonds is 5. The predicted octanol–water partition coefficient (Wildman–Crippen LogP) is 1.19. The average Bonchev–Trinajstić information content (AvgIpc) is 2.88.